The number of anilines is 2. The van der Waals surface area contributed by atoms with Crippen molar-refractivity contribution in [2.45, 2.75) is 12.8 Å². The van der Waals surface area contributed by atoms with E-state index in [4.69, 9.17) is 14.2 Å². The van der Waals surface area contributed by atoms with E-state index >= 15 is 0 Å². The maximum atomic E-state index is 12.3. The van der Waals surface area contributed by atoms with Crippen molar-refractivity contribution in [2.24, 2.45) is 0 Å². The lowest BCUT2D eigenvalue weighted by molar-refractivity contribution is -0.384. The third-order valence-corrected chi connectivity index (χ3v) is 5.01. The summed E-state index contributed by atoms with van der Waals surface area (Å²) in [6, 6.07) is 9.16. The average Bonchev–Trinajstić information content (AvgIpc) is 3.31. The van der Waals surface area contributed by atoms with E-state index in [2.05, 4.69) is 5.32 Å². The Morgan fingerprint density at radius 1 is 1.06 bits per heavy atom. The zero-order valence-electron chi connectivity index (χ0n) is 16.7. The van der Waals surface area contributed by atoms with Crippen molar-refractivity contribution in [1.29, 1.82) is 0 Å². The fourth-order valence-electron chi connectivity index (χ4n) is 3.55. The number of benzene rings is 2. The van der Waals surface area contributed by atoms with Crippen LogP contribution in [0.4, 0.5) is 17.1 Å². The lowest BCUT2D eigenvalue weighted by Gasteiger charge is -2.19. The molecular formula is C21H21N3O7. The average molecular weight is 427 g/mol. The number of nitro groups is 1. The number of hydrogen-bond acceptors (Lipinski definition) is 8. The van der Waals surface area contributed by atoms with Crippen molar-refractivity contribution in [2.75, 3.05) is 43.1 Å². The van der Waals surface area contributed by atoms with Gasteiger partial charge in [-0.2, -0.15) is 0 Å². The van der Waals surface area contributed by atoms with Gasteiger partial charge in [0, 0.05) is 30.9 Å². The lowest BCUT2D eigenvalue weighted by atomic mass is 10.1. The van der Waals surface area contributed by atoms with E-state index in [0.717, 1.165) is 25.9 Å². The number of nitrogens with zero attached hydrogens (tertiary/aromatic N) is 2. The number of hydrogen-bond donors (Lipinski definition) is 1. The molecule has 1 saturated heterocycles. The largest absolute Gasteiger partial charge is 0.486 e. The molecule has 2 heterocycles. The fraction of sp³-hybridized carbons (Fsp3) is 0.333. The number of nitro benzene ring substituents is 1. The van der Waals surface area contributed by atoms with Crippen LogP contribution in [0.3, 0.4) is 0 Å². The summed E-state index contributed by atoms with van der Waals surface area (Å²) in [7, 11) is 0. The molecule has 2 aliphatic rings. The first-order valence-corrected chi connectivity index (χ1v) is 9.91. The van der Waals surface area contributed by atoms with Crippen molar-refractivity contribution in [3.63, 3.8) is 0 Å². The van der Waals surface area contributed by atoms with Crippen LogP contribution >= 0.6 is 0 Å². The summed E-state index contributed by atoms with van der Waals surface area (Å²) >= 11 is 0. The molecule has 0 atom stereocenters. The SMILES string of the molecule is O=C(COC(=O)c1ccc(N2CCCC2)c([N+](=O)[O-])c1)Nc1ccc2c(c1)OCCO2. The Bertz CT molecular complexity index is 1020. The molecule has 10 heteroatoms. The van der Waals surface area contributed by atoms with Crippen LogP contribution in [-0.2, 0) is 9.53 Å². The Balaban J connectivity index is 1.37. The van der Waals surface area contributed by atoms with Gasteiger partial charge >= 0.3 is 5.97 Å². The minimum Gasteiger partial charge on any atom is -0.486 e. The monoisotopic (exact) mass is 427 g/mol. The predicted octanol–water partition coefficient (Wildman–Crippen LogP) is 2.76. The number of fused-ring (bicyclic) bond motifs is 1. The van der Waals surface area contributed by atoms with Crippen molar-refractivity contribution in [3.05, 3.63) is 52.1 Å². The molecule has 0 aromatic heterocycles. The highest BCUT2D eigenvalue weighted by Gasteiger charge is 2.24. The molecule has 2 aliphatic heterocycles. The van der Waals surface area contributed by atoms with Crippen LogP contribution in [-0.4, -0.2) is 49.7 Å². The van der Waals surface area contributed by atoms with E-state index < -0.39 is 23.4 Å². The van der Waals surface area contributed by atoms with Crippen LogP contribution in [0.25, 0.3) is 0 Å². The van der Waals surface area contributed by atoms with E-state index in [1.54, 1.807) is 24.3 Å². The number of carbonyl (C=O) groups excluding carboxylic acids is 2. The Hall–Kier alpha value is -3.82. The molecule has 0 unspecified atom stereocenters. The molecule has 0 saturated carbocycles. The van der Waals surface area contributed by atoms with E-state index in [0.29, 0.717) is 36.1 Å². The zero-order valence-corrected chi connectivity index (χ0v) is 16.7. The molecule has 31 heavy (non-hydrogen) atoms. The highest BCUT2D eigenvalue weighted by atomic mass is 16.6. The fourth-order valence-corrected chi connectivity index (χ4v) is 3.55. The molecule has 1 amide bonds. The molecule has 4 rings (SSSR count). The van der Waals surface area contributed by atoms with E-state index in [1.165, 1.54) is 12.1 Å². The minimum atomic E-state index is -0.812. The minimum absolute atomic E-state index is 0.0155. The summed E-state index contributed by atoms with van der Waals surface area (Å²) in [5.74, 6) is -0.247. The maximum absolute atomic E-state index is 12.3. The second kappa shape index (κ2) is 8.90. The van der Waals surface area contributed by atoms with Crippen LogP contribution in [0, 0.1) is 10.1 Å². The summed E-state index contributed by atoms with van der Waals surface area (Å²) in [6.45, 7) is 1.83. The Morgan fingerprint density at radius 2 is 1.81 bits per heavy atom. The Kier molecular flexibility index (Phi) is 5.87. The van der Waals surface area contributed by atoms with Crippen LogP contribution in [0.5, 0.6) is 11.5 Å². The van der Waals surface area contributed by atoms with Gasteiger partial charge in [0.05, 0.1) is 10.5 Å². The highest BCUT2D eigenvalue weighted by Crippen LogP contribution is 2.33. The first-order chi connectivity index (χ1) is 15.0. The van der Waals surface area contributed by atoms with Crippen molar-refractivity contribution < 1.29 is 28.7 Å². The van der Waals surface area contributed by atoms with E-state index in [9.17, 15) is 19.7 Å². The standard InChI is InChI=1S/C21H21N3O7/c25-20(22-15-4-6-18-19(12-15)30-10-9-29-18)13-31-21(26)14-3-5-16(17(11-14)24(27)28)23-7-1-2-8-23/h3-6,11-12H,1-2,7-10,13H2,(H,22,25). The molecular weight excluding hydrogens is 406 g/mol. The molecule has 1 fully saturated rings. The van der Waals surface area contributed by atoms with Gasteiger partial charge in [0.1, 0.15) is 18.9 Å². The second-order valence-corrected chi connectivity index (χ2v) is 7.14. The van der Waals surface area contributed by atoms with E-state index in [1.807, 2.05) is 4.90 Å². The summed E-state index contributed by atoms with van der Waals surface area (Å²) in [5.41, 5.74) is 0.810. The van der Waals surface area contributed by atoms with Gasteiger partial charge in [-0.3, -0.25) is 14.9 Å². The maximum Gasteiger partial charge on any atom is 0.338 e. The predicted molar refractivity (Wildman–Crippen MR) is 111 cm³/mol. The third kappa shape index (κ3) is 4.68. The molecule has 2 aromatic rings. The number of carbonyl (C=O) groups is 2. The van der Waals surface area contributed by atoms with Gasteiger partial charge < -0.3 is 24.4 Å². The van der Waals surface area contributed by atoms with Gasteiger partial charge in [0.25, 0.3) is 11.6 Å². The van der Waals surface area contributed by atoms with Crippen LogP contribution in [0.15, 0.2) is 36.4 Å². The number of ether oxygens (including phenoxy) is 3. The molecule has 0 bridgehead atoms. The number of amides is 1. The summed E-state index contributed by atoms with van der Waals surface area (Å²) in [5, 5.41) is 14.1. The van der Waals surface area contributed by atoms with Gasteiger partial charge in [0.15, 0.2) is 18.1 Å². The quantitative estimate of drug-likeness (QED) is 0.424. The summed E-state index contributed by atoms with van der Waals surface area (Å²) < 4.78 is 15.9. The number of nitrogens with one attached hydrogen (secondary N) is 1. The van der Waals surface area contributed by atoms with Crippen molar-refractivity contribution in [3.8, 4) is 11.5 Å². The zero-order chi connectivity index (χ0) is 21.8. The van der Waals surface area contributed by atoms with Gasteiger partial charge in [-0.15, -0.1) is 0 Å². The third-order valence-electron chi connectivity index (χ3n) is 5.01. The second-order valence-electron chi connectivity index (χ2n) is 7.14. The summed E-state index contributed by atoms with van der Waals surface area (Å²) in [4.78, 5) is 37.3. The molecule has 2 aromatic carbocycles. The molecule has 0 aliphatic carbocycles. The van der Waals surface area contributed by atoms with Crippen molar-refractivity contribution in [1.82, 2.24) is 0 Å². The van der Waals surface area contributed by atoms with E-state index in [-0.39, 0.29) is 11.3 Å². The van der Waals surface area contributed by atoms with Crippen molar-refractivity contribution >= 4 is 28.9 Å². The highest BCUT2D eigenvalue weighted by molar-refractivity contribution is 5.96. The first kappa shape index (κ1) is 20.5. The smallest absolute Gasteiger partial charge is 0.338 e. The number of esters is 1. The van der Waals surface area contributed by atoms with Gasteiger partial charge in [-0.05, 0) is 37.1 Å². The molecule has 0 radical (unpaired) electrons. The first-order valence-electron chi connectivity index (χ1n) is 9.91. The molecule has 162 valence electrons. The van der Waals surface area contributed by atoms with Gasteiger partial charge in [-0.1, -0.05) is 0 Å². The molecule has 1 N–H and O–H groups in total. The Labute approximate surface area is 177 Å². The molecule has 0 spiro atoms. The van der Waals surface area contributed by atoms with Crippen LogP contribution < -0.4 is 19.7 Å². The normalized spacial score (nSPS) is 14.8. The lowest BCUT2D eigenvalue weighted by Crippen LogP contribution is -2.22. The van der Waals surface area contributed by atoms with Crippen LogP contribution in [0.2, 0.25) is 0 Å². The topological polar surface area (TPSA) is 120 Å². The van der Waals surface area contributed by atoms with Gasteiger partial charge in [0.2, 0.25) is 0 Å². The van der Waals surface area contributed by atoms with Gasteiger partial charge in [-0.25, -0.2) is 4.79 Å². The summed E-state index contributed by atoms with van der Waals surface area (Å²) in [6.07, 6.45) is 1.94. The number of rotatable bonds is 6. The molecule has 10 nitrogen and oxygen atoms in total. The van der Waals surface area contributed by atoms with Crippen LogP contribution in [0.1, 0.15) is 23.2 Å². The Morgan fingerprint density at radius 3 is 2.55 bits per heavy atom.